The molecule has 0 amide bonds. The van der Waals surface area contributed by atoms with E-state index < -0.39 is 17.7 Å². The highest BCUT2D eigenvalue weighted by Gasteiger charge is 2.33. The van der Waals surface area contributed by atoms with Gasteiger partial charge >= 0.3 is 12.1 Å². The number of thioether (sulfide) groups is 1. The number of rotatable bonds is 4. The van der Waals surface area contributed by atoms with Crippen LogP contribution in [-0.4, -0.2) is 18.8 Å². The van der Waals surface area contributed by atoms with Gasteiger partial charge in [0.15, 0.2) is 0 Å². The second kappa shape index (κ2) is 5.99. The van der Waals surface area contributed by atoms with E-state index in [-0.39, 0.29) is 12.1 Å². The fraction of sp³-hybridized carbons (Fsp3) is 0.364. The average Bonchev–Trinajstić information content (AvgIpc) is 2.29. The molecule has 0 atom stereocenters. The van der Waals surface area contributed by atoms with Crippen LogP contribution in [0.1, 0.15) is 12.0 Å². The van der Waals surface area contributed by atoms with E-state index in [0.29, 0.717) is 10.6 Å². The van der Waals surface area contributed by atoms with Crippen LogP contribution in [0, 0.1) is 0 Å². The minimum Gasteiger partial charge on any atom is -0.469 e. The van der Waals surface area contributed by atoms with Crippen LogP contribution in [0.25, 0.3) is 0 Å². The smallest absolute Gasteiger partial charge is 0.418 e. The molecule has 0 heterocycles. The Kier molecular flexibility index (Phi) is 4.89. The van der Waals surface area contributed by atoms with Crippen molar-refractivity contribution < 1.29 is 22.7 Å². The van der Waals surface area contributed by atoms with Gasteiger partial charge in [0.25, 0.3) is 0 Å². The lowest BCUT2D eigenvalue weighted by atomic mass is 10.2. The number of nitrogens with two attached hydrogens (primary N) is 1. The van der Waals surface area contributed by atoms with Crippen molar-refractivity contribution in [3.8, 4) is 0 Å². The first kappa shape index (κ1) is 14.7. The number of anilines is 1. The molecule has 0 saturated carbocycles. The number of benzene rings is 1. The number of hydrogen-bond donors (Lipinski definition) is 1. The molecule has 18 heavy (non-hydrogen) atoms. The zero-order valence-electron chi connectivity index (χ0n) is 9.58. The third kappa shape index (κ3) is 4.14. The maximum absolute atomic E-state index is 12.6. The van der Waals surface area contributed by atoms with E-state index in [1.54, 1.807) is 0 Å². The van der Waals surface area contributed by atoms with Crippen molar-refractivity contribution in [2.24, 2.45) is 0 Å². The normalized spacial score (nSPS) is 11.3. The van der Waals surface area contributed by atoms with E-state index in [0.717, 1.165) is 17.8 Å². The molecule has 0 unspecified atom stereocenters. The summed E-state index contributed by atoms with van der Waals surface area (Å²) in [4.78, 5) is 11.3. The highest BCUT2D eigenvalue weighted by Crippen LogP contribution is 2.36. The van der Waals surface area contributed by atoms with Crippen molar-refractivity contribution in [2.75, 3.05) is 18.6 Å². The summed E-state index contributed by atoms with van der Waals surface area (Å²) >= 11 is 1.15. The van der Waals surface area contributed by atoms with Crippen LogP contribution in [-0.2, 0) is 15.7 Å². The van der Waals surface area contributed by atoms with Crippen LogP contribution in [0.4, 0.5) is 18.9 Å². The maximum atomic E-state index is 12.6. The Bertz CT molecular complexity index is 435. The molecule has 0 aliphatic carbocycles. The number of esters is 1. The zero-order valence-corrected chi connectivity index (χ0v) is 10.4. The number of methoxy groups -OCH3 is 1. The van der Waals surface area contributed by atoms with Crippen LogP contribution in [0.2, 0.25) is 0 Å². The molecule has 1 aromatic rings. The van der Waals surface area contributed by atoms with Gasteiger partial charge in [0, 0.05) is 16.3 Å². The van der Waals surface area contributed by atoms with E-state index >= 15 is 0 Å². The molecule has 0 spiro atoms. The summed E-state index contributed by atoms with van der Waals surface area (Å²) in [5, 5.41) is 0. The predicted molar refractivity (Wildman–Crippen MR) is 63.2 cm³/mol. The first-order valence-corrected chi connectivity index (χ1v) is 5.99. The van der Waals surface area contributed by atoms with Gasteiger partial charge < -0.3 is 10.5 Å². The van der Waals surface area contributed by atoms with Crippen molar-refractivity contribution in [1.82, 2.24) is 0 Å². The summed E-state index contributed by atoms with van der Waals surface area (Å²) in [7, 11) is 1.26. The average molecular weight is 279 g/mol. The summed E-state index contributed by atoms with van der Waals surface area (Å²) < 4.78 is 42.1. The van der Waals surface area contributed by atoms with Crippen molar-refractivity contribution >= 4 is 23.4 Å². The van der Waals surface area contributed by atoms with Gasteiger partial charge in [0.05, 0.1) is 19.1 Å². The summed E-state index contributed by atoms with van der Waals surface area (Å²) in [6.07, 6.45) is -4.32. The molecule has 1 aromatic carbocycles. The van der Waals surface area contributed by atoms with E-state index in [4.69, 9.17) is 5.73 Å². The second-order valence-corrected chi connectivity index (χ2v) is 4.59. The Hall–Kier alpha value is -1.37. The third-order valence-electron chi connectivity index (χ3n) is 2.13. The van der Waals surface area contributed by atoms with Crippen LogP contribution in [0.5, 0.6) is 0 Å². The Morgan fingerprint density at radius 3 is 2.67 bits per heavy atom. The molecule has 0 radical (unpaired) electrons. The van der Waals surface area contributed by atoms with E-state index in [1.165, 1.54) is 19.2 Å². The topological polar surface area (TPSA) is 52.3 Å². The first-order valence-electron chi connectivity index (χ1n) is 5.01. The molecule has 3 nitrogen and oxygen atoms in total. The molecular formula is C11H12F3NO2S. The second-order valence-electron chi connectivity index (χ2n) is 3.42. The molecule has 0 aliphatic heterocycles. The molecule has 0 aliphatic rings. The van der Waals surface area contributed by atoms with Crippen LogP contribution < -0.4 is 5.73 Å². The molecule has 0 fully saturated rings. The van der Waals surface area contributed by atoms with Gasteiger partial charge in [-0.15, -0.1) is 11.8 Å². The number of nitrogen functional groups attached to an aromatic ring is 1. The number of ether oxygens (including phenoxy) is 1. The monoisotopic (exact) mass is 279 g/mol. The number of hydrogen-bond acceptors (Lipinski definition) is 4. The number of alkyl halides is 3. The Morgan fingerprint density at radius 1 is 1.44 bits per heavy atom. The largest absolute Gasteiger partial charge is 0.469 e. The van der Waals surface area contributed by atoms with E-state index in [1.807, 2.05) is 0 Å². The lowest BCUT2D eigenvalue weighted by molar-refractivity contribution is -0.140. The highest BCUT2D eigenvalue weighted by atomic mass is 32.2. The van der Waals surface area contributed by atoms with Gasteiger partial charge in [0.2, 0.25) is 0 Å². The van der Waals surface area contributed by atoms with Crippen LogP contribution >= 0.6 is 11.8 Å². The molecule has 0 bridgehead atoms. The standard InChI is InChI=1S/C11H12F3NO2S/c1-17-10(16)4-5-18-7-2-3-9(15)8(6-7)11(12,13)14/h2-3,6H,4-5,15H2,1H3. The summed E-state index contributed by atoms with van der Waals surface area (Å²) in [6.45, 7) is 0. The van der Waals surface area contributed by atoms with Crippen molar-refractivity contribution in [3.05, 3.63) is 23.8 Å². The molecule has 0 saturated heterocycles. The minimum atomic E-state index is -4.47. The van der Waals surface area contributed by atoms with Crippen molar-refractivity contribution in [1.29, 1.82) is 0 Å². The Balaban J connectivity index is 2.71. The van der Waals surface area contributed by atoms with Crippen LogP contribution in [0.15, 0.2) is 23.1 Å². The fourth-order valence-corrected chi connectivity index (χ4v) is 2.09. The fourth-order valence-electron chi connectivity index (χ4n) is 1.22. The summed E-state index contributed by atoms with van der Waals surface area (Å²) in [5.41, 5.74) is 4.11. The zero-order chi connectivity index (χ0) is 13.8. The lowest BCUT2D eigenvalue weighted by Gasteiger charge is -2.11. The minimum absolute atomic E-state index is 0.146. The first-order chi connectivity index (χ1) is 8.34. The van der Waals surface area contributed by atoms with Gasteiger partial charge in [0.1, 0.15) is 0 Å². The van der Waals surface area contributed by atoms with Gasteiger partial charge in [-0.3, -0.25) is 4.79 Å². The Labute approximate surface area is 106 Å². The van der Waals surface area contributed by atoms with Gasteiger partial charge in [-0.25, -0.2) is 0 Å². The van der Waals surface area contributed by atoms with Gasteiger partial charge in [-0.1, -0.05) is 0 Å². The Morgan fingerprint density at radius 2 is 2.11 bits per heavy atom. The number of carbonyl (C=O) groups excluding carboxylic acids is 1. The van der Waals surface area contributed by atoms with Gasteiger partial charge in [-0.05, 0) is 18.2 Å². The molecular weight excluding hydrogens is 267 g/mol. The summed E-state index contributed by atoms with van der Waals surface area (Å²) in [6, 6.07) is 3.69. The quantitative estimate of drug-likeness (QED) is 0.523. The molecule has 2 N–H and O–H groups in total. The number of halogens is 3. The summed E-state index contributed by atoms with van der Waals surface area (Å²) in [5.74, 6) is -0.0394. The van der Waals surface area contributed by atoms with Gasteiger partial charge in [-0.2, -0.15) is 13.2 Å². The molecule has 7 heteroatoms. The molecule has 0 aromatic heterocycles. The van der Waals surface area contributed by atoms with Crippen LogP contribution in [0.3, 0.4) is 0 Å². The van der Waals surface area contributed by atoms with Crippen molar-refractivity contribution in [3.63, 3.8) is 0 Å². The molecule has 100 valence electrons. The predicted octanol–water partition coefficient (Wildman–Crippen LogP) is 2.94. The number of carbonyl (C=O) groups is 1. The maximum Gasteiger partial charge on any atom is 0.418 e. The van der Waals surface area contributed by atoms with E-state index in [9.17, 15) is 18.0 Å². The third-order valence-corrected chi connectivity index (χ3v) is 3.13. The SMILES string of the molecule is COC(=O)CCSc1ccc(N)c(C(F)(F)F)c1. The van der Waals surface area contributed by atoms with Crippen molar-refractivity contribution in [2.45, 2.75) is 17.5 Å². The lowest BCUT2D eigenvalue weighted by Crippen LogP contribution is -2.09. The van der Waals surface area contributed by atoms with E-state index in [2.05, 4.69) is 4.74 Å². The highest BCUT2D eigenvalue weighted by molar-refractivity contribution is 7.99. The molecule has 1 rings (SSSR count).